The molecule has 0 amide bonds. The maximum absolute atomic E-state index is 8.78. The SMILES string of the molecule is OC1CCCOC1.OCCNCCO. The van der Waals surface area contributed by atoms with Gasteiger partial charge in [0.2, 0.25) is 0 Å². The monoisotopic (exact) mass is 207 g/mol. The minimum atomic E-state index is -0.186. The maximum Gasteiger partial charge on any atom is 0.0774 e. The molecular weight excluding hydrogens is 186 g/mol. The number of nitrogens with one attached hydrogen (secondary N) is 1. The first-order chi connectivity index (χ1) is 6.81. The molecule has 1 unspecified atom stereocenters. The van der Waals surface area contributed by atoms with Crippen LogP contribution >= 0.6 is 0 Å². The van der Waals surface area contributed by atoms with Crippen LogP contribution in [0.2, 0.25) is 0 Å². The Bertz CT molecular complexity index is 103. The Morgan fingerprint density at radius 1 is 1.21 bits per heavy atom. The average molecular weight is 207 g/mol. The molecule has 5 heteroatoms. The van der Waals surface area contributed by atoms with Crippen LogP contribution in [0.25, 0.3) is 0 Å². The Morgan fingerprint density at radius 3 is 2.14 bits per heavy atom. The van der Waals surface area contributed by atoms with E-state index in [0.29, 0.717) is 19.7 Å². The van der Waals surface area contributed by atoms with Gasteiger partial charge in [0.25, 0.3) is 0 Å². The molecular formula is C9H21NO4. The lowest BCUT2D eigenvalue weighted by atomic mass is 10.2. The quantitative estimate of drug-likeness (QED) is 0.432. The van der Waals surface area contributed by atoms with E-state index in [2.05, 4.69) is 5.32 Å². The molecule has 1 aliphatic heterocycles. The molecule has 1 rings (SSSR count). The minimum absolute atomic E-state index is 0.139. The van der Waals surface area contributed by atoms with Crippen molar-refractivity contribution in [3.8, 4) is 0 Å². The van der Waals surface area contributed by atoms with Gasteiger partial charge in [0.1, 0.15) is 0 Å². The normalized spacial score (nSPS) is 21.2. The lowest BCUT2D eigenvalue weighted by Crippen LogP contribution is -2.21. The van der Waals surface area contributed by atoms with Crippen molar-refractivity contribution in [1.29, 1.82) is 0 Å². The molecule has 5 nitrogen and oxygen atoms in total. The summed E-state index contributed by atoms with van der Waals surface area (Å²) in [6, 6.07) is 0. The van der Waals surface area contributed by atoms with Gasteiger partial charge >= 0.3 is 0 Å². The Kier molecular flexibility index (Phi) is 10.7. The van der Waals surface area contributed by atoms with Gasteiger partial charge in [0.05, 0.1) is 25.9 Å². The van der Waals surface area contributed by atoms with E-state index < -0.39 is 0 Å². The molecule has 1 atom stereocenters. The summed E-state index contributed by atoms with van der Waals surface area (Å²) in [4.78, 5) is 0. The van der Waals surface area contributed by atoms with Crippen LogP contribution in [0.4, 0.5) is 0 Å². The summed E-state index contributed by atoms with van der Waals surface area (Å²) in [6.45, 7) is 2.79. The number of hydrogen-bond acceptors (Lipinski definition) is 5. The third-order valence-electron chi connectivity index (χ3n) is 1.71. The van der Waals surface area contributed by atoms with E-state index in [9.17, 15) is 0 Å². The standard InChI is InChI=1S/C5H10O2.C4H11NO2/c6-5-2-1-3-7-4-5;6-3-1-5-2-4-7/h5-6H,1-4H2;5-7H,1-4H2. The molecule has 1 fully saturated rings. The molecule has 1 heterocycles. The average Bonchev–Trinajstić information content (AvgIpc) is 2.21. The van der Waals surface area contributed by atoms with Gasteiger partial charge in [-0.05, 0) is 12.8 Å². The predicted molar refractivity (Wildman–Crippen MR) is 53.1 cm³/mol. The molecule has 0 spiro atoms. The Balaban J connectivity index is 0.000000241. The molecule has 0 aliphatic carbocycles. The molecule has 0 bridgehead atoms. The molecule has 86 valence electrons. The number of hydrogen-bond donors (Lipinski definition) is 4. The first-order valence-corrected chi connectivity index (χ1v) is 4.99. The van der Waals surface area contributed by atoms with Gasteiger partial charge in [-0.3, -0.25) is 0 Å². The van der Waals surface area contributed by atoms with E-state index in [1.807, 2.05) is 0 Å². The Labute approximate surface area is 84.7 Å². The Hall–Kier alpha value is -0.200. The number of ether oxygens (including phenoxy) is 1. The third kappa shape index (κ3) is 9.88. The highest BCUT2D eigenvalue weighted by molar-refractivity contribution is 4.57. The van der Waals surface area contributed by atoms with Gasteiger partial charge < -0.3 is 25.4 Å². The third-order valence-corrected chi connectivity index (χ3v) is 1.71. The minimum Gasteiger partial charge on any atom is -0.395 e. The van der Waals surface area contributed by atoms with Crippen LogP contribution in [-0.2, 0) is 4.74 Å². The van der Waals surface area contributed by atoms with Crippen LogP contribution in [0.1, 0.15) is 12.8 Å². The summed E-state index contributed by atoms with van der Waals surface area (Å²) >= 11 is 0. The van der Waals surface area contributed by atoms with Crippen LogP contribution < -0.4 is 5.32 Å². The zero-order valence-corrected chi connectivity index (χ0v) is 8.48. The van der Waals surface area contributed by atoms with Crippen molar-refractivity contribution in [3.05, 3.63) is 0 Å². The first kappa shape index (κ1) is 13.8. The smallest absolute Gasteiger partial charge is 0.0774 e. The lowest BCUT2D eigenvalue weighted by Gasteiger charge is -2.15. The first-order valence-electron chi connectivity index (χ1n) is 4.99. The second-order valence-electron chi connectivity index (χ2n) is 3.07. The van der Waals surface area contributed by atoms with E-state index in [1.165, 1.54) is 0 Å². The summed E-state index contributed by atoms with van der Waals surface area (Å²) in [6.07, 6.45) is 1.75. The fourth-order valence-corrected chi connectivity index (χ4v) is 1.01. The molecule has 4 N–H and O–H groups in total. The molecule has 0 radical (unpaired) electrons. The summed E-state index contributed by atoms with van der Waals surface area (Å²) in [5.74, 6) is 0. The zero-order chi connectivity index (χ0) is 10.6. The highest BCUT2D eigenvalue weighted by Crippen LogP contribution is 2.03. The summed E-state index contributed by atoms with van der Waals surface area (Å²) < 4.78 is 4.93. The van der Waals surface area contributed by atoms with Gasteiger partial charge in [0.15, 0.2) is 0 Å². The van der Waals surface area contributed by atoms with Crippen LogP contribution in [-0.4, -0.2) is 60.9 Å². The highest BCUT2D eigenvalue weighted by atomic mass is 16.5. The maximum atomic E-state index is 8.78. The van der Waals surface area contributed by atoms with Crippen molar-refractivity contribution >= 4 is 0 Å². The van der Waals surface area contributed by atoms with Crippen molar-refractivity contribution in [2.24, 2.45) is 0 Å². The molecule has 14 heavy (non-hydrogen) atoms. The Morgan fingerprint density at radius 2 is 1.86 bits per heavy atom. The molecule has 0 aromatic carbocycles. The second-order valence-corrected chi connectivity index (χ2v) is 3.07. The lowest BCUT2D eigenvalue weighted by molar-refractivity contribution is -0.00535. The van der Waals surface area contributed by atoms with Gasteiger partial charge in [-0.2, -0.15) is 0 Å². The van der Waals surface area contributed by atoms with Crippen molar-refractivity contribution in [1.82, 2.24) is 5.32 Å². The van der Waals surface area contributed by atoms with E-state index in [4.69, 9.17) is 20.1 Å². The molecule has 0 aromatic heterocycles. The van der Waals surface area contributed by atoms with E-state index >= 15 is 0 Å². The molecule has 0 saturated carbocycles. The zero-order valence-electron chi connectivity index (χ0n) is 8.48. The molecule has 0 aromatic rings. The summed E-state index contributed by atoms with van der Waals surface area (Å²) in [5.41, 5.74) is 0. The van der Waals surface area contributed by atoms with Crippen LogP contribution in [0.15, 0.2) is 0 Å². The van der Waals surface area contributed by atoms with E-state index in [0.717, 1.165) is 19.4 Å². The van der Waals surface area contributed by atoms with E-state index in [-0.39, 0.29) is 19.3 Å². The van der Waals surface area contributed by atoms with Crippen molar-refractivity contribution in [2.75, 3.05) is 39.5 Å². The van der Waals surface area contributed by atoms with Crippen LogP contribution in [0.5, 0.6) is 0 Å². The molecule has 1 saturated heterocycles. The topological polar surface area (TPSA) is 82.0 Å². The largest absolute Gasteiger partial charge is 0.395 e. The van der Waals surface area contributed by atoms with Crippen LogP contribution in [0.3, 0.4) is 0 Å². The summed E-state index contributed by atoms with van der Waals surface area (Å²) in [7, 11) is 0. The fourth-order valence-electron chi connectivity index (χ4n) is 1.01. The number of aliphatic hydroxyl groups excluding tert-OH is 3. The van der Waals surface area contributed by atoms with E-state index in [1.54, 1.807) is 0 Å². The van der Waals surface area contributed by atoms with Crippen molar-refractivity contribution in [3.63, 3.8) is 0 Å². The van der Waals surface area contributed by atoms with Crippen LogP contribution in [0, 0.1) is 0 Å². The molecule has 1 aliphatic rings. The summed E-state index contributed by atoms with van der Waals surface area (Å²) in [5, 5.41) is 27.9. The van der Waals surface area contributed by atoms with Gasteiger partial charge in [0, 0.05) is 19.7 Å². The van der Waals surface area contributed by atoms with Crippen molar-refractivity contribution in [2.45, 2.75) is 18.9 Å². The number of rotatable bonds is 4. The number of aliphatic hydroxyl groups is 3. The predicted octanol–water partition coefficient (Wildman–Crippen LogP) is -1.28. The van der Waals surface area contributed by atoms with Gasteiger partial charge in [-0.25, -0.2) is 0 Å². The van der Waals surface area contributed by atoms with Gasteiger partial charge in [-0.1, -0.05) is 0 Å². The highest BCUT2D eigenvalue weighted by Gasteiger charge is 2.07. The second kappa shape index (κ2) is 10.9. The van der Waals surface area contributed by atoms with Crippen molar-refractivity contribution < 1.29 is 20.1 Å². The van der Waals surface area contributed by atoms with Gasteiger partial charge in [-0.15, -0.1) is 0 Å². The fraction of sp³-hybridized carbons (Fsp3) is 1.00.